The second kappa shape index (κ2) is 17.9. The Balaban J connectivity index is 0.000000168. The Bertz CT molecular complexity index is 2610. The molecular weight excluding hydrogens is 735 g/mol. The predicted octanol–water partition coefficient (Wildman–Crippen LogP) is 6.16. The maximum atomic E-state index is 11.7. The molecule has 0 spiro atoms. The third-order valence-corrected chi connectivity index (χ3v) is 8.51. The number of aryl methyl sites for hydroxylation is 5. The van der Waals surface area contributed by atoms with E-state index in [-0.39, 0.29) is 11.5 Å². The van der Waals surface area contributed by atoms with Crippen LogP contribution in [0.15, 0.2) is 97.2 Å². The summed E-state index contributed by atoms with van der Waals surface area (Å²) in [5.74, 6) is -1.80. The lowest BCUT2D eigenvalue weighted by atomic mass is 10.1. The lowest BCUT2D eigenvalue weighted by molar-refractivity contribution is 0.0592. The van der Waals surface area contributed by atoms with Crippen molar-refractivity contribution in [2.75, 3.05) is 14.2 Å². The number of nitrogens with zero attached hydrogens (tertiary/aromatic N) is 13. The minimum atomic E-state index is -0.969. The fourth-order valence-corrected chi connectivity index (χ4v) is 5.31. The van der Waals surface area contributed by atoms with Gasteiger partial charge in [0, 0.05) is 24.7 Å². The molecule has 4 heterocycles. The number of methoxy groups -OCH3 is 2. The number of hydrogen-bond donors (Lipinski definition) is 1. The van der Waals surface area contributed by atoms with Crippen molar-refractivity contribution < 1.29 is 29.0 Å². The van der Waals surface area contributed by atoms with E-state index < -0.39 is 11.9 Å². The summed E-state index contributed by atoms with van der Waals surface area (Å²) in [5, 5.41) is 29.0. The molecule has 19 nitrogen and oxygen atoms in total. The largest absolute Gasteiger partial charge is 0.478 e. The second-order valence-electron chi connectivity index (χ2n) is 12.4. The Kier molecular flexibility index (Phi) is 12.7. The van der Waals surface area contributed by atoms with Crippen molar-refractivity contribution in [3.8, 4) is 34.2 Å². The first-order valence-corrected chi connectivity index (χ1v) is 16.9. The van der Waals surface area contributed by atoms with Crippen LogP contribution < -0.4 is 0 Å². The van der Waals surface area contributed by atoms with Gasteiger partial charge in [-0.3, -0.25) is 0 Å². The van der Waals surface area contributed by atoms with Gasteiger partial charge in [0.15, 0.2) is 0 Å². The first-order valence-electron chi connectivity index (χ1n) is 16.9. The topological polar surface area (TPSA) is 236 Å². The highest BCUT2D eigenvalue weighted by molar-refractivity contribution is 5.91. The van der Waals surface area contributed by atoms with Crippen molar-refractivity contribution in [2.45, 2.75) is 20.8 Å². The lowest BCUT2D eigenvalue weighted by Crippen LogP contribution is -2.05. The summed E-state index contributed by atoms with van der Waals surface area (Å²) in [7, 11) is 6.43. The molecule has 57 heavy (non-hydrogen) atoms. The molecule has 4 aromatic heterocycles. The fourth-order valence-electron chi connectivity index (χ4n) is 5.31. The number of carbonyl (C=O) groups is 3. The molecule has 3 aromatic carbocycles. The Morgan fingerprint density at radius 3 is 1.54 bits per heavy atom. The van der Waals surface area contributed by atoms with Crippen molar-refractivity contribution in [3.05, 3.63) is 136 Å². The maximum Gasteiger partial charge on any atom is 0.337 e. The van der Waals surface area contributed by atoms with Gasteiger partial charge in [-0.25, -0.2) is 33.7 Å². The molecule has 0 aliphatic heterocycles. The molecule has 0 atom stereocenters. The van der Waals surface area contributed by atoms with Crippen LogP contribution in [-0.4, -0.2) is 86.3 Å². The molecule has 0 aliphatic carbocycles. The van der Waals surface area contributed by atoms with Crippen molar-refractivity contribution in [1.82, 2.24) is 49.1 Å². The van der Waals surface area contributed by atoms with Gasteiger partial charge in [0.2, 0.25) is 0 Å². The number of carboxylic acids is 1. The average Bonchev–Trinajstić information content (AvgIpc) is 4.04. The van der Waals surface area contributed by atoms with E-state index in [0.717, 1.165) is 33.8 Å². The summed E-state index contributed by atoms with van der Waals surface area (Å²) in [6.45, 7) is 5.64. The summed E-state index contributed by atoms with van der Waals surface area (Å²) in [6, 6.07) is 15.1. The number of benzene rings is 3. The standard InChI is InChI=1S/C15H15N5O2.C14H13N5O2.C9H9N3O2/c1-10-4-5-11(15(21)22-3)6-13(10)20-8-12(17-18-20)14-7-16-9-19(14)2;1-9-3-4-10(14(20)21)5-12(9)19-7-11(16-17-19)13-6-15-8-18(13)2;1-6-3-4-7(9(13)14-2)5-8(6)11-12-10/h4-9H,1-3H3;3-8H,1-2H3,(H,20,21);3-5H,1-2H3. The summed E-state index contributed by atoms with van der Waals surface area (Å²) in [6.07, 6.45) is 10.4. The first kappa shape index (κ1) is 40.3. The minimum Gasteiger partial charge on any atom is -0.478 e. The minimum absolute atomic E-state index is 0.216. The van der Waals surface area contributed by atoms with Gasteiger partial charge in [0.25, 0.3) is 0 Å². The van der Waals surface area contributed by atoms with Crippen molar-refractivity contribution in [1.29, 1.82) is 0 Å². The van der Waals surface area contributed by atoms with Crippen molar-refractivity contribution in [3.63, 3.8) is 0 Å². The smallest absolute Gasteiger partial charge is 0.337 e. The van der Waals surface area contributed by atoms with Crippen LogP contribution in [0.4, 0.5) is 5.69 Å². The highest BCUT2D eigenvalue weighted by Crippen LogP contribution is 2.23. The van der Waals surface area contributed by atoms with Gasteiger partial charge in [-0.15, -0.1) is 10.2 Å². The molecule has 7 rings (SSSR count). The number of aromatic nitrogens is 10. The van der Waals surface area contributed by atoms with Crippen LogP contribution in [0.2, 0.25) is 0 Å². The SMILES string of the molecule is COC(=O)c1ccc(C)c(-n2cc(-c3cncn3C)nn2)c1.COC(=O)c1ccc(C)c(N=[N+]=[N-])c1.Cc1ccc(C(=O)O)cc1-n1cc(-c2cncn2C)nn1. The molecule has 0 unspecified atom stereocenters. The number of carbonyl (C=O) groups excluding carboxylic acids is 2. The molecule has 0 amide bonds. The van der Waals surface area contributed by atoms with Crippen LogP contribution >= 0.6 is 0 Å². The molecule has 0 aliphatic rings. The van der Waals surface area contributed by atoms with Crippen LogP contribution in [0.3, 0.4) is 0 Å². The molecular formula is C38H37N13O6. The average molecular weight is 772 g/mol. The highest BCUT2D eigenvalue weighted by Gasteiger charge is 2.14. The van der Waals surface area contributed by atoms with E-state index in [0.29, 0.717) is 33.9 Å². The number of carboxylic acid groups (broad SMARTS) is 1. The number of aromatic carboxylic acids is 1. The quantitative estimate of drug-likeness (QED) is 0.0791. The van der Waals surface area contributed by atoms with Gasteiger partial charge in [0.1, 0.15) is 11.4 Å². The summed E-state index contributed by atoms with van der Waals surface area (Å²) in [5.41, 5.74) is 17.1. The Labute approximate surface area is 325 Å². The molecule has 1 N–H and O–H groups in total. The van der Waals surface area contributed by atoms with Crippen LogP contribution in [-0.2, 0) is 23.6 Å². The summed E-state index contributed by atoms with van der Waals surface area (Å²) in [4.78, 5) is 44.6. The van der Waals surface area contributed by atoms with E-state index in [1.54, 1.807) is 96.2 Å². The molecule has 0 fully saturated rings. The molecule has 19 heteroatoms. The van der Waals surface area contributed by atoms with Crippen molar-refractivity contribution in [2.24, 2.45) is 19.2 Å². The van der Waals surface area contributed by atoms with Gasteiger partial charge < -0.3 is 23.7 Å². The van der Waals surface area contributed by atoms with Gasteiger partial charge in [0.05, 0.1) is 91.1 Å². The highest BCUT2D eigenvalue weighted by atomic mass is 16.5. The number of imidazole rings is 2. The summed E-state index contributed by atoms with van der Waals surface area (Å²) >= 11 is 0. The molecule has 0 saturated carbocycles. The number of hydrogen-bond acceptors (Lipinski definition) is 12. The molecule has 0 saturated heterocycles. The number of ether oxygens (including phenoxy) is 2. The Morgan fingerprint density at radius 2 is 1.12 bits per heavy atom. The van der Waals surface area contributed by atoms with E-state index in [1.807, 2.05) is 43.1 Å². The Morgan fingerprint density at radius 1 is 0.684 bits per heavy atom. The van der Waals surface area contributed by atoms with Crippen LogP contribution in [0, 0.1) is 20.8 Å². The zero-order chi connectivity index (χ0) is 41.2. The van der Waals surface area contributed by atoms with Crippen LogP contribution in [0.1, 0.15) is 47.8 Å². The maximum absolute atomic E-state index is 11.7. The normalized spacial score (nSPS) is 10.3. The van der Waals surface area contributed by atoms with Gasteiger partial charge >= 0.3 is 17.9 Å². The second-order valence-corrected chi connectivity index (χ2v) is 12.4. The van der Waals surface area contributed by atoms with Crippen LogP contribution in [0.5, 0.6) is 0 Å². The van der Waals surface area contributed by atoms with Crippen LogP contribution in [0.25, 0.3) is 44.6 Å². The van der Waals surface area contributed by atoms with Crippen molar-refractivity contribution >= 4 is 23.6 Å². The number of rotatable bonds is 8. The van der Waals surface area contributed by atoms with E-state index in [2.05, 4.69) is 45.4 Å². The predicted molar refractivity (Wildman–Crippen MR) is 206 cm³/mol. The van der Waals surface area contributed by atoms with Gasteiger partial charge in [-0.1, -0.05) is 33.7 Å². The van der Waals surface area contributed by atoms with Gasteiger partial charge in [-0.05, 0) is 79.4 Å². The third-order valence-electron chi connectivity index (χ3n) is 8.51. The van der Waals surface area contributed by atoms with E-state index >= 15 is 0 Å². The zero-order valence-electron chi connectivity index (χ0n) is 32.0. The van der Waals surface area contributed by atoms with E-state index in [9.17, 15) is 14.4 Å². The molecule has 7 aromatic rings. The number of azide groups is 1. The molecule has 0 radical (unpaired) electrons. The first-order chi connectivity index (χ1) is 27.3. The lowest BCUT2D eigenvalue weighted by Gasteiger charge is -2.07. The van der Waals surface area contributed by atoms with Gasteiger partial charge in [-0.2, -0.15) is 0 Å². The number of esters is 2. The summed E-state index contributed by atoms with van der Waals surface area (Å²) < 4.78 is 16.2. The van der Waals surface area contributed by atoms with E-state index in [4.69, 9.17) is 15.4 Å². The third kappa shape index (κ3) is 9.42. The van der Waals surface area contributed by atoms with E-state index in [1.165, 1.54) is 20.3 Å². The molecule has 0 bridgehead atoms. The monoisotopic (exact) mass is 771 g/mol. The zero-order valence-corrected chi connectivity index (χ0v) is 32.0. The molecule has 290 valence electrons. The fraction of sp³-hybridized carbons (Fsp3) is 0.184. The Hall–Kier alpha value is -7.92.